The van der Waals surface area contributed by atoms with Crippen molar-refractivity contribution in [1.82, 2.24) is 14.0 Å². The van der Waals surface area contributed by atoms with Crippen molar-refractivity contribution in [2.45, 2.75) is 18.9 Å². The highest BCUT2D eigenvalue weighted by molar-refractivity contribution is 14.1. The van der Waals surface area contributed by atoms with E-state index in [0.29, 0.717) is 6.67 Å². The SMILES string of the molecule is CN(C)CNc1cc(=O)n(C2CC2)c(=O)n1-c1ccc(I)cc1F. The normalized spacial score (nSPS) is 14.2. The topological polar surface area (TPSA) is 59.3 Å². The molecule has 1 fully saturated rings. The predicted octanol–water partition coefficient (Wildman–Crippen LogP) is 2.01. The molecule has 0 aliphatic heterocycles. The van der Waals surface area contributed by atoms with Crippen LogP contribution in [-0.2, 0) is 0 Å². The molecule has 1 aliphatic rings. The molecule has 1 heterocycles. The highest BCUT2D eigenvalue weighted by Crippen LogP contribution is 2.32. The number of anilines is 1. The zero-order chi connectivity index (χ0) is 17.4. The van der Waals surface area contributed by atoms with E-state index in [2.05, 4.69) is 5.32 Å². The second-order valence-electron chi connectivity index (χ2n) is 6.10. The molecule has 0 saturated heterocycles. The van der Waals surface area contributed by atoms with Crippen molar-refractivity contribution >= 4 is 28.4 Å². The molecule has 128 valence electrons. The summed E-state index contributed by atoms with van der Waals surface area (Å²) in [6.07, 6.45) is 1.60. The fraction of sp³-hybridized carbons (Fsp3) is 0.375. The third-order valence-electron chi connectivity index (χ3n) is 3.77. The summed E-state index contributed by atoms with van der Waals surface area (Å²) >= 11 is 2.01. The Hall–Kier alpha value is -1.68. The van der Waals surface area contributed by atoms with Gasteiger partial charge < -0.3 is 5.32 Å². The van der Waals surface area contributed by atoms with E-state index >= 15 is 0 Å². The van der Waals surface area contributed by atoms with E-state index in [1.807, 2.05) is 41.6 Å². The molecule has 0 atom stereocenters. The predicted molar refractivity (Wildman–Crippen MR) is 99.4 cm³/mol. The van der Waals surface area contributed by atoms with E-state index in [1.54, 1.807) is 12.1 Å². The Kier molecular flexibility index (Phi) is 4.77. The molecule has 1 aromatic carbocycles. The smallest absolute Gasteiger partial charge is 0.337 e. The maximum Gasteiger partial charge on any atom is 0.337 e. The molecule has 0 radical (unpaired) electrons. The van der Waals surface area contributed by atoms with E-state index in [4.69, 9.17) is 0 Å². The fourth-order valence-corrected chi connectivity index (χ4v) is 2.94. The van der Waals surface area contributed by atoms with E-state index in [-0.39, 0.29) is 23.1 Å². The average molecular weight is 444 g/mol. The molecule has 8 heteroatoms. The number of hydrogen-bond acceptors (Lipinski definition) is 4. The Balaban J connectivity index is 2.22. The highest BCUT2D eigenvalue weighted by atomic mass is 127. The lowest BCUT2D eigenvalue weighted by molar-refractivity contribution is 0.438. The van der Waals surface area contributed by atoms with E-state index in [0.717, 1.165) is 16.4 Å². The van der Waals surface area contributed by atoms with Gasteiger partial charge in [-0.1, -0.05) is 0 Å². The van der Waals surface area contributed by atoms with Crippen LogP contribution in [0.15, 0.2) is 33.9 Å². The van der Waals surface area contributed by atoms with Crippen LogP contribution in [0.3, 0.4) is 0 Å². The van der Waals surface area contributed by atoms with Crippen molar-refractivity contribution in [3.8, 4) is 5.69 Å². The number of nitrogens with zero attached hydrogens (tertiary/aromatic N) is 3. The van der Waals surface area contributed by atoms with Gasteiger partial charge >= 0.3 is 5.69 Å². The maximum absolute atomic E-state index is 14.5. The first-order valence-corrected chi connectivity index (χ1v) is 8.69. The largest absolute Gasteiger partial charge is 0.358 e. The molecule has 1 saturated carbocycles. The van der Waals surface area contributed by atoms with Gasteiger partial charge in [0.15, 0.2) is 0 Å². The minimum atomic E-state index is -0.508. The van der Waals surface area contributed by atoms with Crippen LogP contribution in [0.25, 0.3) is 5.69 Å². The zero-order valence-electron chi connectivity index (χ0n) is 13.4. The Morgan fingerprint density at radius 2 is 2.00 bits per heavy atom. The van der Waals surface area contributed by atoms with Crippen LogP contribution in [0.5, 0.6) is 0 Å². The van der Waals surface area contributed by atoms with Gasteiger partial charge in [-0.3, -0.25) is 14.3 Å². The molecule has 0 amide bonds. The van der Waals surface area contributed by atoms with Gasteiger partial charge in [-0.15, -0.1) is 0 Å². The molecule has 1 N–H and O–H groups in total. The first kappa shape index (κ1) is 17.2. The first-order chi connectivity index (χ1) is 11.4. The molecule has 6 nitrogen and oxygen atoms in total. The lowest BCUT2D eigenvalue weighted by Crippen LogP contribution is -2.40. The monoisotopic (exact) mass is 444 g/mol. The first-order valence-electron chi connectivity index (χ1n) is 7.61. The van der Waals surface area contributed by atoms with Crippen molar-refractivity contribution in [2.75, 3.05) is 26.1 Å². The summed E-state index contributed by atoms with van der Waals surface area (Å²) in [5.41, 5.74) is -0.728. The van der Waals surface area contributed by atoms with Gasteiger partial charge in [0.25, 0.3) is 5.56 Å². The second-order valence-corrected chi connectivity index (χ2v) is 7.34. The van der Waals surface area contributed by atoms with E-state index in [1.165, 1.54) is 21.3 Å². The number of rotatable bonds is 5. The molecule has 0 unspecified atom stereocenters. The van der Waals surface area contributed by atoms with Crippen LogP contribution >= 0.6 is 22.6 Å². The standard InChI is InChI=1S/C16H18FIN4O2/c1-20(2)9-19-14-8-15(23)21(11-4-5-11)16(24)22(14)13-6-3-10(18)7-12(13)17/h3,6-8,11,19H,4-5,9H2,1-2H3. The lowest BCUT2D eigenvalue weighted by Gasteiger charge is -2.19. The molecule has 2 aromatic rings. The van der Waals surface area contributed by atoms with Gasteiger partial charge in [0.2, 0.25) is 0 Å². The summed E-state index contributed by atoms with van der Waals surface area (Å²) in [6, 6.07) is 5.94. The molecule has 0 bridgehead atoms. The van der Waals surface area contributed by atoms with Crippen LogP contribution < -0.4 is 16.6 Å². The molecular formula is C16H18FIN4O2. The Labute approximate surface area is 152 Å². The van der Waals surface area contributed by atoms with Crippen LogP contribution in [0.2, 0.25) is 0 Å². The van der Waals surface area contributed by atoms with Crippen molar-refractivity contribution < 1.29 is 4.39 Å². The van der Waals surface area contributed by atoms with Gasteiger partial charge in [-0.25, -0.2) is 13.8 Å². The van der Waals surface area contributed by atoms with Gasteiger partial charge in [-0.05, 0) is 67.7 Å². The Bertz CT molecular complexity index is 887. The van der Waals surface area contributed by atoms with Gasteiger partial charge in [-0.2, -0.15) is 0 Å². The number of halogens is 2. The van der Waals surface area contributed by atoms with Crippen molar-refractivity contribution in [3.63, 3.8) is 0 Å². The summed E-state index contributed by atoms with van der Waals surface area (Å²) in [7, 11) is 3.71. The van der Waals surface area contributed by atoms with Crippen LogP contribution in [0.4, 0.5) is 10.2 Å². The molecule has 1 aromatic heterocycles. The second kappa shape index (κ2) is 6.67. The van der Waals surface area contributed by atoms with Gasteiger partial charge in [0.05, 0.1) is 12.4 Å². The summed E-state index contributed by atoms with van der Waals surface area (Å²) < 4.78 is 17.7. The molecule has 3 rings (SSSR count). The summed E-state index contributed by atoms with van der Waals surface area (Å²) in [4.78, 5) is 27.0. The minimum Gasteiger partial charge on any atom is -0.358 e. The third-order valence-corrected chi connectivity index (χ3v) is 4.45. The van der Waals surface area contributed by atoms with E-state index < -0.39 is 11.5 Å². The van der Waals surface area contributed by atoms with E-state index in [9.17, 15) is 14.0 Å². The van der Waals surface area contributed by atoms with Crippen LogP contribution in [0, 0.1) is 9.39 Å². The Morgan fingerprint density at radius 1 is 1.29 bits per heavy atom. The number of nitrogens with one attached hydrogen (secondary N) is 1. The van der Waals surface area contributed by atoms with Gasteiger partial charge in [0.1, 0.15) is 11.6 Å². The van der Waals surface area contributed by atoms with Crippen LogP contribution in [0.1, 0.15) is 18.9 Å². The van der Waals surface area contributed by atoms with Gasteiger partial charge in [0, 0.05) is 15.7 Å². The number of aromatic nitrogens is 2. The average Bonchev–Trinajstić information content (AvgIpc) is 3.31. The summed E-state index contributed by atoms with van der Waals surface area (Å²) in [5, 5.41) is 3.03. The quantitative estimate of drug-likeness (QED) is 0.567. The third kappa shape index (κ3) is 3.39. The number of benzene rings is 1. The highest BCUT2D eigenvalue weighted by Gasteiger charge is 2.29. The fourth-order valence-electron chi connectivity index (χ4n) is 2.49. The molecule has 1 aliphatic carbocycles. The van der Waals surface area contributed by atoms with Crippen molar-refractivity contribution in [1.29, 1.82) is 0 Å². The summed E-state index contributed by atoms with van der Waals surface area (Å²) in [5.74, 6) is -0.214. The number of hydrogen-bond donors (Lipinski definition) is 1. The molecule has 0 spiro atoms. The van der Waals surface area contributed by atoms with Crippen molar-refractivity contribution in [3.05, 3.63) is 54.5 Å². The minimum absolute atomic E-state index is 0.0777. The maximum atomic E-state index is 14.5. The molecular weight excluding hydrogens is 426 g/mol. The summed E-state index contributed by atoms with van der Waals surface area (Å²) in [6.45, 7) is 0.415. The zero-order valence-corrected chi connectivity index (χ0v) is 15.6. The van der Waals surface area contributed by atoms with Crippen LogP contribution in [-0.4, -0.2) is 34.8 Å². The Morgan fingerprint density at radius 3 is 2.58 bits per heavy atom. The van der Waals surface area contributed by atoms with Crippen molar-refractivity contribution in [2.24, 2.45) is 0 Å². The lowest BCUT2D eigenvalue weighted by atomic mass is 10.3. The molecule has 24 heavy (non-hydrogen) atoms.